The Morgan fingerprint density at radius 1 is 0.914 bits per heavy atom. The Hall–Kier alpha value is -1.90. The third-order valence-electron chi connectivity index (χ3n) is 6.09. The number of hydrogen-bond donors (Lipinski definition) is 2. The zero-order valence-electron chi connectivity index (χ0n) is 18.7. The van der Waals surface area contributed by atoms with E-state index in [0.717, 1.165) is 37.8 Å². The van der Waals surface area contributed by atoms with Gasteiger partial charge in [0.2, 0.25) is 0 Å². The summed E-state index contributed by atoms with van der Waals surface area (Å²) in [6.07, 6.45) is -4.88. The Morgan fingerprint density at radius 3 is 1.86 bits per heavy atom. The summed E-state index contributed by atoms with van der Waals surface area (Å²) in [7, 11) is 0. The quantitative estimate of drug-likeness (QED) is 0.563. The van der Waals surface area contributed by atoms with E-state index >= 15 is 0 Å². The standard InChI is InChI=1S/C17H26N2OS.2C2HF3O2/c1-6-18(11-14-3-8-20-9-4-14)16-2-7-19(17(1)16)12-15-5-10-21-13-15;2*3-2(4,5)1(6)7/h5,10,13-14,16-17H,1-4,6-9,11-12H2;2*(H,6,7)/t16-,17+;;/m0../s1. The van der Waals surface area contributed by atoms with Crippen molar-refractivity contribution in [1.82, 2.24) is 9.80 Å². The first-order chi connectivity index (χ1) is 16.3. The highest BCUT2D eigenvalue weighted by atomic mass is 32.1. The molecule has 14 heteroatoms. The predicted octanol–water partition coefficient (Wildman–Crippen LogP) is 4.09. The highest BCUT2D eigenvalue weighted by Crippen LogP contribution is 2.34. The number of ether oxygens (including phenoxy) is 1. The summed E-state index contributed by atoms with van der Waals surface area (Å²) in [6, 6.07) is 3.92. The Labute approximate surface area is 202 Å². The molecular formula is C21H28F6N2O5S. The van der Waals surface area contributed by atoms with E-state index in [1.165, 1.54) is 50.9 Å². The van der Waals surface area contributed by atoms with Crippen molar-refractivity contribution in [2.45, 2.75) is 56.7 Å². The van der Waals surface area contributed by atoms with E-state index in [1.54, 1.807) is 0 Å². The van der Waals surface area contributed by atoms with Crippen molar-refractivity contribution in [1.29, 1.82) is 0 Å². The summed E-state index contributed by atoms with van der Waals surface area (Å²) in [6.45, 7) is 7.04. The first-order valence-corrected chi connectivity index (χ1v) is 11.9. The number of nitrogens with zero attached hydrogens (tertiary/aromatic N) is 2. The summed E-state index contributed by atoms with van der Waals surface area (Å²) in [5, 5.41) is 18.8. The molecule has 0 bridgehead atoms. The molecule has 0 aliphatic carbocycles. The average Bonchev–Trinajstić information content (AvgIpc) is 3.49. The van der Waals surface area contributed by atoms with Crippen LogP contribution >= 0.6 is 11.3 Å². The molecule has 3 fully saturated rings. The van der Waals surface area contributed by atoms with Crippen molar-refractivity contribution < 1.29 is 50.9 Å². The number of likely N-dealkylation sites (tertiary alicyclic amines) is 2. The van der Waals surface area contributed by atoms with Gasteiger partial charge in [0, 0.05) is 51.5 Å². The van der Waals surface area contributed by atoms with E-state index in [4.69, 9.17) is 24.5 Å². The number of carbonyl (C=O) groups is 2. The minimum atomic E-state index is -5.08. The summed E-state index contributed by atoms with van der Waals surface area (Å²) in [4.78, 5) is 23.3. The fraction of sp³-hybridized carbons (Fsp3) is 0.714. The molecule has 1 aromatic heterocycles. The maximum Gasteiger partial charge on any atom is 0.490 e. The van der Waals surface area contributed by atoms with Gasteiger partial charge in [0.15, 0.2) is 0 Å². The summed E-state index contributed by atoms with van der Waals surface area (Å²) in [5.74, 6) is -4.64. The number of aliphatic carboxylic acids is 2. The zero-order chi connectivity index (χ0) is 26.2. The number of fused-ring (bicyclic) bond motifs is 1. The van der Waals surface area contributed by atoms with Gasteiger partial charge >= 0.3 is 24.3 Å². The van der Waals surface area contributed by atoms with E-state index < -0.39 is 24.3 Å². The molecule has 200 valence electrons. The molecule has 3 aliphatic heterocycles. The van der Waals surface area contributed by atoms with Gasteiger partial charge in [-0.25, -0.2) is 9.59 Å². The third kappa shape index (κ3) is 9.58. The van der Waals surface area contributed by atoms with Gasteiger partial charge in [0.25, 0.3) is 0 Å². The number of carboxylic acid groups (broad SMARTS) is 2. The lowest BCUT2D eigenvalue weighted by Crippen LogP contribution is -2.39. The van der Waals surface area contributed by atoms with E-state index in [9.17, 15) is 26.3 Å². The van der Waals surface area contributed by atoms with Crippen LogP contribution in [0, 0.1) is 5.92 Å². The van der Waals surface area contributed by atoms with E-state index in [-0.39, 0.29) is 0 Å². The Morgan fingerprint density at radius 2 is 1.40 bits per heavy atom. The monoisotopic (exact) mass is 534 g/mol. The Balaban J connectivity index is 0.000000257. The summed E-state index contributed by atoms with van der Waals surface area (Å²) < 4.78 is 69.0. The molecule has 0 amide bonds. The minimum Gasteiger partial charge on any atom is -0.475 e. The van der Waals surface area contributed by atoms with Crippen LogP contribution in [0.5, 0.6) is 0 Å². The molecule has 3 saturated heterocycles. The SMILES string of the molecule is O=C(O)C(F)(F)F.O=C(O)C(F)(F)F.c1cc(CN2CC[C@H]3[C@H]2CCN3CC2CCOCC2)cs1. The molecule has 4 rings (SSSR count). The number of alkyl halides is 6. The van der Waals surface area contributed by atoms with Crippen LogP contribution in [0.4, 0.5) is 26.3 Å². The topological polar surface area (TPSA) is 90.3 Å². The summed E-state index contributed by atoms with van der Waals surface area (Å²) >= 11 is 1.82. The third-order valence-corrected chi connectivity index (χ3v) is 6.82. The number of carboxylic acids is 2. The lowest BCUT2D eigenvalue weighted by atomic mass is 9.99. The summed E-state index contributed by atoms with van der Waals surface area (Å²) in [5.41, 5.74) is 1.50. The fourth-order valence-electron chi connectivity index (χ4n) is 4.47. The van der Waals surface area contributed by atoms with Crippen molar-refractivity contribution in [3.05, 3.63) is 22.4 Å². The van der Waals surface area contributed by atoms with Gasteiger partial charge in [0.05, 0.1) is 0 Å². The molecule has 0 saturated carbocycles. The number of hydrogen-bond acceptors (Lipinski definition) is 6. The van der Waals surface area contributed by atoms with Crippen LogP contribution in [0.25, 0.3) is 0 Å². The predicted molar refractivity (Wildman–Crippen MR) is 114 cm³/mol. The van der Waals surface area contributed by atoms with Gasteiger partial charge in [-0.05, 0) is 54.0 Å². The molecule has 0 aromatic carbocycles. The molecule has 7 nitrogen and oxygen atoms in total. The highest BCUT2D eigenvalue weighted by molar-refractivity contribution is 7.07. The highest BCUT2D eigenvalue weighted by Gasteiger charge is 2.42. The second-order valence-corrected chi connectivity index (χ2v) is 9.25. The van der Waals surface area contributed by atoms with Crippen LogP contribution in [0.15, 0.2) is 16.8 Å². The van der Waals surface area contributed by atoms with Crippen LogP contribution in [-0.2, 0) is 20.9 Å². The van der Waals surface area contributed by atoms with Crippen molar-refractivity contribution in [3.63, 3.8) is 0 Å². The molecule has 35 heavy (non-hydrogen) atoms. The van der Waals surface area contributed by atoms with Gasteiger partial charge in [-0.1, -0.05) is 0 Å². The van der Waals surface area contributed by atoms with Crippen LogP contribution in [-0.4, -0.2) is 89.2 Å². The van der Waals surface area contributed by atoms with Gasteiger partial charge in [0.1, 0.15) is 0 Å². The second kappa shape index (κ2) is 12.9. The molecular weight excluding hydrogens is 506 g/mol. The molecule has 0 radical (unpaired) electrons. The molecule has 1 aromatic rings. The normalized spacial score (nSPS) is 23.6. The van der Waals surface area contributed by atoms with Crippen LogP contribution < -0.4 is 0 Å². The zero-order valence-corrected chi connectivity index (χ0v) is 19.5. The van der Waals surface area contributed by atoms with Gasteiger partial charge in [-0.2, -0.15) is 37.7 Å². The van der Waals surface area contributed by atoms with Gasteiger partial charge in [-0.3, -0.25) is 9.80 Å². The Kier molecular flexibility index (Phi) is 10.8. The number of thiophene rings is 1. The lowest BCUT2D eigenvalue weighted by Gasteiger charge is -2.30. The molecule has 2 N–H and O–H groups in total. The first-order valence-electron chi connectivity index (χ1n) is 11.0. The Bertz CT molecular complexity index is 775. The van der Waals surface area contributed by atoms with Crippen molar-refractivity contribution in [2.75, 3.05) is 32.8 Å². The van der Waals surface area contributed by atoms with Crippen molar-refractivity contribution in [3.8, 4) is 0 Å². The minimum absolute atomic E-state index is 0.810. The molecule has 2 atom stereocenters. The van der Waals surface area contributed by atoms with E-state index in [0.29, 0.717) is 0 Å². The largest absolute Gasteiger partial charge is 0.490 e. The smallest absolute Gasteiger partial charge is 0.475 e. The average molecular weight is 535 g/mol. The van der Waals surface area contributed by atoms with Gasteiger partial charge in [-0.15, -0.1) is 0 Å². The molecule has 3 aliphatic rings. The maximum atomic E-state index is 10.6. The second-order valence-electron chi connectivity index (χ2n) is 8.47. The van der Waals surface area contributed by atoms with Crippen LogP contribution in [0.1, 0.15) is 31.2 Å². The maximum absolute atomic E-state index is 10.6. The van der Waals surface area contributed by atoms with Gasteiger partial charge < -0.3 is 14.9 Å². The number of rotatable bonds is 4. The molecule has 0 spiro atoms. The van der Waals surface area contributed by atoms with Crippen molar-refractivity contribution >= 4 is 23.3 Å². The first kappa shape index (κ1) is 29.3. The van der Waals surface area contributed by atoms with Crippen molar-refractivity contribution in [2.24, 2.45) is 5.92 Å². The van der Waals surface area contributed by atoms with E-state index in [2.05, 4.69) is 26.6 Å². The molecule has 0 unspecified atom stereocenters. The van der Waals surface area contributed by atoms with E-state index in [1.807, 2.05) is 11.3 Å². The lowest BCUT2D eigenvalue weighted by molar-refractivity contribution is -0.193. The molecule has 4 heterocycles. The fourth-order valence-corrected chi connectivity index (χ4v) is 5.13. The van der Waals surface area contributed by atoms with Crippen LogP contribution in [0.2, 0.25) is 0 Å². The van der Waals surface area contributed by atoms with Crippen LogP contribution in [0.3, 0.4) is 0 Å². The number of halogens is 6.